The SMILES string of the molecule is CCC(O)CCC1CCC(C)O1. The maximum Gasteiger partial charge on any atom is 0.0580 e. The molecule has 0 aromatic rings. The van der Waals surface area contributed by atoms with Gasteiger partial charge < -0.3 is 9.84 Å². The fraction of sp³-hybridized carbons (Fsp3) is 1.00. The van der Waals surface area contributed by atoms with E-state index in [-0.39, 0.29) is 6.10 Å². The van der Waals surface area contributed by atoms with Gasteiger partial charge in [-0.3, -0.25) is 0 Å². The summed E-state index contributed by atoms with van der Waals surface area (Å²) in [5.74, 6) is 0. The molecule has 1 saturated heterocycles. The third-order valence-electron chi connectivity index (χ3n) is 2.61. The maximum atomic E-state index is 9.33. The van der Waals surface area contributed by atoms with Crippen LogP contribution in [-0.4, -0.2) is 23.4 Å². The first-order valence-corrected chi connectivity index (χ1v) is 5.06. The summed E-state index contributed by atoms with van der Waals surface area (Å²) in [6, 6.07) is 0. The van der Waals surface area contributed by atoms with Gasteiger partial charge in [-0.1, -0.05) is 6.92 Å². The second-order valence-electron chi connectivity index (χ2n) is 3.79. The van der Waals surface area contributed by atoms with Crippen LogP contribution in [0.2, 0.25) is 0 Å². The van der Waals surface area contributed by atoms with Crippen LogP contribution >= 0.6 is 0 Å². The molecule has 1 aliphatic heterocycles. The summed E-state index contributed by atoms with van der Waals surface area (Å²) in [4.78, 5) is 0. The van der Waals surface area contributed by atoms with Crippen molar-refractivity contribution in [3.8, 4) is 0 Å². The minimum Gasteiger partial charge on any atom is -0.393 e. The number of hydrogen-bond donors (Lipinski definition) is 1. The Bertz CT molecular complexity index is 125. The Hall–Kier alpha value is -0.0800. The highest BCUT2D eigenvalue weighted by Gasteiger charge is 2.21. The Kier molecular flexibility index (Phi) is 4.02. The van der Waals surface area contributed by atoms with Gasteiger partial charge in [0.1, 0.15) is 0 Å². The largest absolute Gasteiger partial charge is 0.393 e. The maximum absolute atomic E-state index is 9.33. The molecule has 0 saturated carbocycles. The van der Waals surface area contributed by atoms with Gasteiger partial charge in [0.2, 0.25) is 0 Å². The van der Waals surface area contributed by atoms with E-state index in [2.05, 4.69) is 6.92 Å². The average molecular weight is 172 g/mol. The Balaban J connectivity index is 2.07. The molecule has 0 aliphatic carbocycles. The average Bonchev–Trinajstić information content (AvgIpc) is 2.47. The fourth-order valence-electron chi connectivity index (χ4n) is 1.68. The normalized spacial score (nSPS) is 32.2. The molecule has 0 bridgehead atoms. The van der Waals surface area contributed by atoms with Crippen molar-refractivity contribution in [2.75, 3.05) is 0 Å². The first-order valence-electron chi connectivity index (χ1n) is 5.06. The molecule has 0 radical (unpaired) electrons. The van der Waals surface area contributed by atoms with Crippen LogP contribution in [0.3, 0.4) is 0 Å². The molecule has 2 nitrogen and oxygen atoms in total. The molecule has 0 amide bonds. The molecule has 0 aromatic carbocycles. The number of hydrogen-bond acceptors (Lipinski definition) is 2. The van der Waals surface area contributed by atoms with Crippen molar-refractivity contribution in [1.82, 2.24) is 0 Å². The van der Waals surface area contributed by atoms with Crippen molar-refractivity contribution in [2.45, 2.75) is 64.3 Å². The second kappa shape index (κ2) is 4.83. The summed E-state index contributed by atoms with van der Waals surface area (Å²) in [6.45, 7) is 4.14. The first kappa shape index (κ1) is 10.0. The molecular formula is C10H20O2. The summed E-state index contributed by atoms with van der Waals surface area (Å²) in [6.07, 6.45) is 5.89. The zero-order valence-electron chi connectivity index (χ0n) is 8.12. The summed E-state index contributed by atoms with van der Waals surface area (Å²) in [5.41, 5.74) is 0. The Labute approximate surface area is 74.9 Å². The van der Waals surface area contributed by atoms with Gasteiger partial charge in [0.25, 0.3) is 0 Å². The third-order valence-corrected chi connectivity index (χ3v) is 2.61. The molecule has 1 N–H and O–H groups in total. The summed E-state index contributed by atoms with van der Waals surface area (Å²) < 4.78 is 5.65. The standard InChI is InChI=1S/C10H20O2/c1-3-9(11)5-7-10-6-4-8(2)12-10/h8-11H,3-7H2,1-2H3. The van der Waals surface area contributed by atoms with Crippen molar-refractivity contribution in [3.63, 3.8) is 0 Å². The molecular weight excluding hydrogens is 152 g/mol. The van der Waals surface area contributed by atoms with Gasteiger partial charge in [-0.2, -0.15) is 0 Å². The van der Waals surface area contributed by atoms with Gasteiger partial charge in [-0.05, 0) is 39.0 Å². The number of rotatable bonds is 4. The number of aliphatic hydroxyl groups is 1. The van der Waals surface area contributed by atoms with E-state index < -0.39 is 0 Å². The van der Waals surface area contributed by atoms with E-state index in [0.29, 0.717) is 12.2 Å². The topological polar surface area (TPSA) is 29.5 Å². The van der Waals surface area contributed by atoms with Gasteiger partial charge in [0.15, 0.2) is 0 Å². The van der Waals surface area contributed by atoms with Crippen molar-refractivity contribution >= 4 is 0 Å². The fourth-order valence-corrected chi connectivity index (χ4v) is 1.68. The molecule has 3 atom stereocenters. The Morgan fingerprint density at radius 2 is 2.25 bits per heavy atom. The van der Waals surface area contributed by atoms with E-state index >= 15 is 0 Å². The monoisotopic (exact) mass is 172 g/mol. The first-order chi connectivity index (χ1) is 5.72. The lowest BCUT2D eigenvalue weighted by atomic mass is 10.1. The van der Waals surface area contributed by atoms with E-state index in [1.807, 2.05) is 6.92 Å². The van der Waals surface area contributed by atoms with Gasteiger partial charge in [-0.25, -0.2) is 0 Å². The number of ether oxygens (including phenoxy) is 1. The quantitative estimate of drug-likeness (QED) is 0.703. The molecule has 0 aromatic heterocycles. The Morgan fingerprint density at radius 3 is 2.75 bits per heavy atom. The lowest BCUT2D eigenvalue weighted by Gasteiger charge is -2.13. The molecule has 0 spiro atoms. The van der Waals surface area contributed by atoms with Crippen molar-refractivity contribution in [1.29, 1.82) is 0 Å². The molecule has 1 rings (SSSR count). The predicted octanol–water partition coefficient (Wildman–Crippen LogP) is 2.10. The van der Waals surface area contributed by atoms with Crippen LogP contribution in [0.4, 0.5) is 0 Å². The molecule has 3 unspecified atom stereocenters. The van der Waals surface area contributed by atoms with Crippen LogP contribution in [0.15, 0.2) is 0 Å². The molecule has 1 aliphatic rings. The van der Waals surface area contributed by atoms with Crippen molar-refractivity contribution < 1.29 is 9.84 Å². The van der Waals surface area contributed by atoms with E-state index in [9.17, 15) is 5.11 Å². The van der Waals surface area contributed by atoms with Crippen LogP contribution in [0.25, 0.3) is 0 Å². The molecule has 1 heterocycles. The molecule has 12 heavy (non-hydrogen) atoms. The lowest BCUT2D eigenvalue weighted by Crippen LogP contribution is -2.12. The van der Waals surface area contributed by atoms with Crippen molar-refractivity contribution in [2.24, 2.45) is 0 Å². The molecule has 2 heteroatoms. The lowest BCUT2D eigenvalue weighted by molar-refractivity contribution is 0.0390. The smallest absolute Gasteiger partial charge is 0.0580 e. The van der Waals surface area contributed by atoms with Gasteiger partial charge >= 0.3 is 0 Å². The highest BCUT2D eigenvalue weighted by atomic mass is 16.5. The Morgan fingerprint density at radius 1 is 1.50 bits per heavy atom. The van der Waals surface area contributed by atoms with Crippen LogP contribution in [-0.2, 0) is 4.74 Å². The predicted molar refractivity (Wildman–Crippen MR) is 49.1 cm³/mol. The van der Waals surface area contributed by atoms with Crippen LogP contribution < -0.4 is 0 Å². The van der Waals surface area contributed by atoms with E-state index in [0.717, 1.165) is 19.3 Å². The minimum atomic E-state index is -0.121. The number of aliphatic hydroxyl groups excluding tert-OH is 1. The van der Waals surface area contributed by atoms with Crippen LogP contribution in [0.1, 0.15) is 46.0 Å². The zero-order valence-corrected chi connectivity index (χ0v) is 8.12. The summed E-state index contributed by atoms with van der Waals surface area (Å²) in [5, 5.41) is 9.33. The highest BCUT2D eigenvalue weighted by molar-refractivity contribution is 4.71. The van der Waals surface area contributed by atoms with E-state index in [1.54, 1.807) is 0 Å². The van der Waals surface area contributed by atoms with Crippen LogP contribution in [0.5, 0.6) is 0 Å². The molecule has 72 valence electrons. The van der Waals surface area contributed by atoms with Gasteiger partial charge in [-0.15, -0.1) is 0 Å². The minimum absolute atomic E-state index is 0.121. The van der Waals surface area contributed by atoms with Gasteiger partial charge in [0, 0.05) is 0 Å². The third kappa shape index (κ3) is 3.11. The zero-order chi connectivity index (χ0) is 8.97. The van der Waals surface area contributed by atoms with E-state index in [4.69, 9.17) is 4.74 Å². The van der Waals surface area contributed by atoms with E-state index in [1.165, 1.54) is 12.8 Å². The highest BCUT2D eigenvalue weighted by Crippen LogP contribution is 2.23. The summed E-state index contributed by atoms with van der Waals surface area (Å²) >= 11 is 0. The van der Waals surface area contributed by atoms with Crippen molar-refractivity contribution in [3.05, 3.63) is 0 Å². The second-order valence-corrected chi connectivity index (χ2v) is 3.79. The van der Waals surface area contributed by atoms with Crippen LogP contribution in [0, 0.1) is 0 Å². The van der Waals surface area contributed by atoms with Gasteiger partial charge in [0.05, 0.1) is 18.3 Å². The molecule has 1 fully saturated rings. The summed E-state index contributed by atoms with van der Waals surface area (Å²) in [7, 11) is 0.